The van der Waals surface area contributed by atoms with E-state index in [9.17, 15) is 14.0 Å². The zero-order valence-electron chi connectivity index (χ0n) is 9.23. The van der Waals surface area contributed by atoms with Crippen molar-refractivity contribution in [2.24, 2.45) is 5.73 Å². The molecule has 90 valence electrons. The highest BCUT2D eigenvalue weighted by atomic mass is 19.1. The van der Waals surface area contributed by atoms with Gasteiger partial charge in [-0.25, -0.2) is 4.39 Å². The van der Waals surface area contributed by atoms with Crippen molar-refractivity contribution >= 4 is 11.8 Å². The molecule has 2 N–H and O–H groups in total. The zero-order valence-corrected chi connectivity index (χ0v) is 9.23. The third-order valence-corrected chi connectivity index (χ3v) is 2.95. The summed E-state index contributed by atoms with van der Waals surface area (Å²) >= 11 is 0. The lowest BCUT2D eigenvalue weighted by molar-refractivity contribution is -0.121. The maximum Gasteiger partial charge on any atom is 0.257 e. The lowest BCUT2D eigenvalue weighted by Gasteiger charge is -2.22. The maximum absolute atomic E-state index is 13.5. The van der Waals surface area contributed by atoms with Gasteiger partial charge in [-0.3, -0.25) is 9.59 Å². The third-order valence-electron chi connectivity index (χ3n) is 2.95. The highest BCUT2D eigenvalue weighted by molar-refractivity contribution is 5.97. The minimum atomic E-state index is -0.609. The van der Waals surface area contributed by atoms with Crippen LogP contribution in [0.15, 0.2) is 24.3 Å². The quantitative estimate of drug-likeness (QED) is 0.829. The SMILES string of the molecule is NC(=O)[C@@H]1CCCN1C(=O)c1ccccc1F. The zero-order chi connectivity index (χ0) is 12.4. The molecule has 2 amide bonds. The van der Waals surface area contributed by atoms with Gasteiger partial charge in [-0.15, -0.1) is 0 Å². The number of primary amides is 1. The van der Waals surface area contributed by atoms with Gasteiger partial charge in [0.15, 0.2) is 0 Å². The van der Waals surface area contributed by atoms with E-state index in [2.05, 4.69) is 0 Å². The van der Waals surface area contributed by atoms with Gasteiger partial charge in [0.2, 0.25) is 5.91 Å². The number of halogens is 1. The van der Waals surface area contributed by atoms with Crippen LogP contribution in [0, 0.1) is 5.82 Å². The van der Waals surface area contributed by atoms with Crippen LogP contribution in [0.4, 0.5) is 4.39 Å². The van der Waals surface area contributed by atoms with Crippen LogP contribution in [0.5, 0.6) is 0 Å². The molecule has 1 aliphatic heterocycles. The first-order valence-corrected chi connectivity index (χ1v) is 5.46. The molecule has 1 aromatic rings. The Kier molecular flexibility index (Phi) is 3.08. The summed E-state index contributed by atoms with van der Waals surface area (Å²) < 4.78 is 13.5. The largest absolute Gasteiger partial charge is 0.368 e. The molecule has 0 aromatic heterocycles. The Labute approximate surface area is 98.2 Å². The van der Waals surface area contributed by atoms with Gasteiger partial charge in [-0.1, -0.05) is 12.1 Å². The summed E-state index contributed by atoms with van der Waals surface area (Å²) in [6, 6.07) is 5.13. The van der Waals surface area contributed by atoms with Gasteiger partial charge in [0.1, 0.15) is 11.9 Å². The van der Waals surface area contributed by atoms with E-state index in [4.69, 9.17) is 5.73 Å². The average Bonchev–Trinajstić information content (AvgIpc) is 2.77. The summed E-state index contributed by atoms with van der Waals surface area (Å²) in [5.74, 6) is -1.58. The van der Waals surface area contributed by atoms with Crippen LogP contribution in [0.3, 0.4) is 0 Å². The number of amides is 2. The second-order valence-electron chi connectivity index (χ2n) is 4.04. The molecule has 0 spiro atoms. The fourth-order valence-corrected chi connectivity index (χ4v) is 2.09. The van der Waals surface area contributed by atoms with E-state index in [1.807, 2.05) is 0 Å². The molecule has 5 heteroatoms. The van der Waals surface area contributed by atoms with Crippen molar-refractivity contribution in [3.05, 3.63) is 35.6 Å². The molecule has 17 heavy (non-hydrogen) atoms. The summed E-state index contributed by atoms with van der Waals surface area (Å²) in [6.45, 7) is 0.445. The second kappa shape index (κ2) is 4.53. The van der Waals surface area contributed by atoms with Crippen molar-refractivity contribution in [1.82, 2.24) is 4.90 Å². The van der Waals surface area contributed by atoms with Gasteiger partial charge >= 0.3 is 0 Å². The number of carbonyl (C=O) groups is 2. The number of nitrogens with two attached hydrogens (primary N) is 1. The first-order valence-electron chi connectivity index (χ1n) is 5.46. The van der Waals surface area contributed by atoms with Crippen LogP contribution in [-0.2, 0) is 4.79 Å². The summed E-state index contributed by atoms with van der Waals surface area (Å²) in [5, 5.41) is 0. The van der Waals surface area contributed by atoms with E-state index in [1.165, 1.54) is 23.1 Å². The van der Waals surface area contributed by atoms with Gasteiger partial charge in [0.05, 0.1) is 5.56 Å². The van der Waals surface area contributed by atoms with E-state index in [1.54, 1.807) is 6.07 Å². The Morgan fingerprint density at radius 1 is 1.35 bits per heavy atom. The Hall–Kier alpha value is -1.91. The van der Waals surface area contributed by atoms with Crippen molar-refractivity contribution in [3.8, 4) is 0 Å². The van der Waals surface area contributed by atoms with Crippen molar-refractivity contribution in [3.63, 3.8) is 0 Å². The number of rotatable bonds is 2. The minimum absolute atomic E-state index is 0.0133. The molecule has 1 atom stereocenters. The van der Waals surface area contributed by atoms with Crippen LogP contribution >= 0.6 is 0 Å². The third kappa shape index (κ3) is 2.13. The summed E-state index contributed by atoms with van der Waals surface area (Å²) in [7, 11) is 0. The molecule has 1 saturated heterocycles. The average molecular weight is 236 g/mol. The number of benzene rings is 1. The number of likely N-dealkylation sites (tertiary alicyclic amines) is 1. The first-order chi connectivity index (χ1) is 8.11. The van der Waals surface area contributed by atoms with Crippen molar-refractivity contribution in [1.29, 1.82) is 0 Å². The van der Waals surface area contributed by atoms with Gasteiger partial charge in [0, 0.05) is 6.54 Å². The predicted octanol–water partition coefficient (Wildman–Crippen LogP) is 0.916. The number of hydrogen-bond acceptors (Lipinski definition) is 2. The molecule has 0 unspecified atom stereocenters. The number of nitrogens with zero attached hydrogens (tertiary/aromatic N) is 1. The second-order valence-corrected chi connectivity index (χ2v) is 4.04. The monoisotopic (exact) mass is 236 g/mol. The Bertz CT molecular complexity index is 462. The van der Waals surface area contributed by atoms with Crippen LogP contribution < -0.4 is 5.73 Å². The van der Waals surface area contributed by atoms with E-state index < -0.39 is 23.7 Å². The Balaban J connectivity index is 2.26. The van der Waals surface area contributed by atoms with Crippen LogP contribution in [0.1, 0.15) is 23.2 Å². The molecule has 1 aliphatic rings. The lowest BCUT2D eigenvalue weighted by Crippen LogP contribution is -2.43. The molecule has 1 aromatic carbocycles. The highest BCUT2D eigenvalue weighted by Gasteiger charge is 2.33. The van der Waals surface area contributed by atoms with Gasteiger partial charge in [-0.05, 0) is 25.0 Å². The standard InChI is InChI=1S/C12H13FN2O2/c13-9-5-2-1-4-8(9)12(17)15-7-3-6-10(15)11(14)16/h1-2,4-5,10H,3,6-7H2,(H2,14,16)/t10-/m0/s1. The summed E-state index contributed by atoms with van der Waals surface area (Å²) in [6.07, 6.45) is 1.27. The molecule has 4 nitrogen and oxygen atoms in total. The predicted molar refractivity (Wildman–Crippen MR) is 59.7 cm³/mol. The molecule has 1 fully saturated rings. The van der Waals surface area contributed by atoms with E-state index in [-0.39, 0.29) is 5.56 Å². The van der Waals surface area contributed by atoms with Gasteiger partial charge < -0.3 is 10.6 Å². The molecular formula is C12H13FN2O2. The van der Waals surface area contributed by atoms with Crippen LogP contribution in [0.25, 0.3) is 0 Å². The fourth-order valence-electron chi connectivity index (χ4n) is 2.09. The molecule has 1 heterocycles. The molecule has 0 saturated carbocycles. The van der Waals surface area contributed by atoms with Crippen molar-refractivity contribution in [2.75, 3.05) is 6.54 Å². The smallest absolute Gasteiger partial charge is 0.257 e. The van der Waals surface area contributed by atoms with Crippen molar-refractivity contribution < 1.29 is 14.0 Å². The Morgan fingerprint density at radius 2 is 2.06 bits per heavy atom. The van der Waals surface area contributed by atoms with Gasteiger partial charge in [-0.2, -0.15) is 0 Å². The fraction of sp³-hybridized carbons (Fsp3) is 0.333. The summed E-state index contributed by atoms with van der Waals surface area (Å²) in [4.78, 5) is 24.6. The number of hydrogen-bond donors (Lipinski definition) is 1. The first kappa shape index (κ1) is 11.6. The topological polar surface area (TPSA) is 63.4 Å². The number of carbonyl (C=O) groups excluding carboxylic acids is 2. The molecule has 0 aliphatic carbocycles. The van der Waals surface area contributed by atoms with Crippen molar-refractivity contribution in [2.45, 2.75) is 18.9 Å². The molecule has 2 rings (SSSR count). The van der Waals surface area contributed by atoms with Crippen LogP contribution in [-0.4, -0.2) is 29.3 Å². The molecule has 0 bridgehead atoms. The van der Waals surface area contributed by atoms with E-state index >= 15 is 0 Å². The van der Waals surface area contributed by atoms with Gasteiger partial charge in [0.25, 0.3) is 5.91 Å². The minimum Gasteiger partial charge on any atom is -0.368 e. The maximum atomic E-state index is 13.5. The van der Waals surface area contributed by atoms with E-state index in [0.29, 0.717) is 19.4 Å². The normalized spacial score (nSPS) is 19.4. The van der Waals surface area contributed by atoms with Crippen LogP contribution in [0.2, 0.25) is 0 Å². The molecular weight excluding hydrogens is 223 g/mol. The Morgan fingerprint density at radius 3 is 2.71 bits per heavy atom. The highest BCUT2D eigenvalue weighted by Crippen LogP contribution is 2.20. The molecule has 0 radical (unpaired) electrons. The van der Waals surface area contributed by atoms with E-state index in [0.717, 1.165) is 0 Å². The lowest BCUT2D eigenvalue weighted by atomic mass is 10.1. The summed E-state index contributed by atoms with van der Waals surface area (Å²) in [5.41, 5.74) is 5.20.